The van der Waals surface area contributed by atoms with Crippen LogP contribution in [0.1, 0.15) is 20.8 Å². The van der Waals surface area contributed by atoms with Gasteiger partial charge in [0.2, 0.25) is 0 Å². The molecule has 0 amide bonds. The molecule has 0 aliphatic carbocycles. The van der Waals surface area contributed by atoms with Gasteiger partial charge in [-0.15, -0.1) is 0 Å². The number of carbonyl (C=O) groups excluding carboxylic acids is 1. The minimum Gasteiger partial charge on any atom is -0.494 e. The molecule has 0 radical (unpaired) electrons. The third-order valence-electron chi connectivity index (χ3n) is 2.41. The Morgan fingerprint density at radius 3 is 2.63 bits per heavy atom. The molecule has 1 aromatic heterocycles. The van der Waals surface area contributed by atoms with Gasteiger partial charge in [-0.3, -0.25) is 0 Å². The first-order valence-electron chi connectivity index (χ1n) is 5.78. The van der Waals surface area contributed by atoms with Crippen molar-refractivity contribution in [2.45, 2.75) is 26.4 Å². The molecule has 19 heavy (non-hydrogen) atoms. The number of rotatable bonds is 1. The van der Waals surface area contributed by atoms with Crippen LogP contribution in [0.25, 0.3) is 10.9 Å². The summed E-state index contributed by atoms with van der Waals surface area (Å²) in [5.41, 5.74) is 0.00949. The lowest BCUT2D eigenvalue weighted by atomic mass is 10.2. The van der Waals surface area contributed by atoms with E-state index in [9.17, 15) is 4.79 Å². The number of ether oxygens (including phenoxy) is 2. The van der Waals surface area contributed by atoms with Gasteiger partial charge in [0.05, 0.1) is 7.11 Å². The maximum atomic E-state index is 12.2. The molecule has 0 aliphatic heterocycles. The van der Waals surface area contributed by atoms with Crippen molar-refractivity contribution in [3.63, 3.8) is 0 Å². The maximum Gasteiger partial charge on any atom is 0.435 e. The van der Waals surface area contributed by atoms with Crippen LogP contribution in [-0.2, 0) is 4.74 Å². The quantitative estimate of drug-likeness (QED) is 0.803. The highest BCUT2D eigenvalue weighted by atomic mass is 79.9. The molecule has 0 aliphatic rings. The SMILES string of the molecule is COc1cccc2c(Br)nn(C(=O)OC(C)(C)C)c12. The molecule has 0 unspecified atom stereocenters. The van der Waals surface area contributed by atoms with Gasteiger partial charge in [0.15, 0.2) is 0 Å². The first-order chi connectivity index (χ1) is 8.83. The van der Waals surface area contributed by atoms with Gasteiger partial charge in [-0.25, -0.2) is 4.79 Å². The molecule has 0 fully saturated rings. The Balaban J connectivity index is 2.58. The van der Waals surface area contributed by atoms with Gasteiger partial charge in [0.25, 0.3) is 0 Å². The lowest BCUT2D eigenvalue weighted by molar-refractivity contribution is 0.0521. The number of carbonyl (C=O) groups is 1. The Bertz CT molecular complexity index is 629. The van der Waals surface area contributed by atoms with Gasteiger partial charge < -0.3 is 9.47 Å². The minimum absolute atomic E-state index is 0.535. The third kappa shape index (κ3) is 2.73. The highest BCUT2D eigenvalue weighted by Crippen LogP contribution is 2.31. The minimum atomic E-state index is -0.580. The van der Waals surface area contributed by atoms with Crippen molar-refractivity contribution in [3.05, 3.63) is 22.8 Å². The smallest absolute Gasteiger partial charge is 0.435 e. The summed E-state index contributed by atoms with van der Waals surface area (Å²) in [5, 5.41) is 4.96. The molecular formula is C13H15BrN2O3. The second-order valence-electron chi connectivity index (χ2n) is 5.04. The number of para-hydroxylation sites is 1. The van der Waals surface area contributed by atoms with Crippen molar-refractivity contribution in [1.82, 2.24) is 9.78 Å². The Kier molecular flexibility index (Phi) is 3.54. The molecule has 0 saturated carbocycles. The van der Waals surface area contributed by atoms with E-state index in [4.69, 9.17) is 9.47 Å². The van der Waals surface area contributed by atoms with Gasteiger partial charge in [0, 0.05) is 5.39 Å². The second kappa shape index (κ2) is 4.85. The van der Waals surface area contributed by atoms with Gasteiger partial charge in [0.1, 0.15) is 21.5 Å². The van der Waals surface area contributed by atoms with Crippen LogP contribution in [0.2, 0.25) is 0 Å². The van der Waals surface area contributed by atoms with E-state index in [0.717, 1.165) is 5.39 Å². The number of hydrogen-bond donors (Lipinski definition) is 0. The van der Waals surface area contributed by atoms with E-state index in [1.165, 1.54) is 4.68 Å². The summed E-state index contributed by atoms with van der Waals surface area (Å²) < 4.78 is 12.4. The van der Waals surface area contributed by atoms with Gasteiger partial charge in [-0.05, 0) is 48.8 Å². The van der Waals surface area contributed by atoms with Crippen LogP contribution in [0.4, 0.5) is 4.79 Å². The van der Waals surface area contributed by atoms with Crippen molar-refractivity contribution >= 4 is 32.9 Å². The zero-order valence-corrected chi connectivity index (χ0v) is 12.8. The normalized spacial score (nSPS) is 11.6. The number of halogens is 1. The molecule has 0 saturated heterocycles. The largest absolute Gasteiger partial charge is 0.494 e. The number of benzene rings is 1. The summed E-state index contributed by atoms with van der Waals surface area (Å²) in [6.45, 7) is 5.43. The van der Waals surface area contributed by atoms with Crippen LogP contribution in [-0.4, -0.2) is 28.6 Å². The van der Waals surface area contributed by atoms with Gasteiger partial charge in [-0.1, -0.05) is 6.07 Å². The topological polar surface area (TPSA) is 53.4 Å². The number of hydrogen-bond acceptors (Lipinski definition) is 4. The van der Waals surface area contributed by atoms with E-state index in [2.05, 4.69) is 21.0 Å². The summed E-state index contributed by atoms with van der Waals surface area (Å²) in [6, 6.07) is 5.47. The summed E-state index contributed by atoms with van der Waals surface area (Å²) in [5.74, 6) is 0.571. The van der Waals surface area contributed by atoms with Gasteiger partial charge >= 0.3 is 6.09 Å². The number of fused-ring (bicyclic) bond motifs is 1. The molecule has 0 N–H and O–H groups in total. The number of aromatic nitrogens is 2. The summed E-state index contributed by atoms with van der Waals surface area (Å²) >= 11 is 3.33. The van der Waals surface area contributed by atoms with Crippen LogP contribution < -0.4 is 4.74 Å². The molecule has 6 heteroatoms. The van der Waals surface area contributed by atoms with E-state index in [-0.39, 0.29) is 0 Å². The Morgan fingerprint density at radius 2 is 2.05 bits per heavy atom. The number of methoxy groups -OCH3 is 1. The standard InChI is InChI=1S/C13H15BrN2O3/c1-13(2,3)19-12(17)16-10-8(11(14)15-16)6-5-7-9(10)18-4/h5-7H,1-4H3. The van der Waals surface area contributed by atoms with Crippen molar-refractivity contribution < 1.29 is 14.3 Å². The first kappa shape index (κ1) is 13.9. The molecule has 102 valence electrons. The Labute approximate surface area is 119 Å². The second-order valence-corrected chi connectivity index (χ2v) is 5.79. The van der Waals surface area contributed by atoms with Crippen LogP contribution >= 0.6 is 15.9 Å². The molecule has 5 nitrogen and oxygen atoms in total. The molecule has 0 spiro atoms. The lowest BCUT2D eigenvalue weighted by Gasteiger charge is -2.19. The molecule has 1 heterocycles. The molecule has 2 aromatic rings. The number of nitrogens with zero attached hydrogens (tertiary/aromatic N) is 2. The molecular weight excluding hydrogens is 312 g/mol. The summed E-state index contributed by atoms with van der Waals surface area (Å²) in [7, 11) is 1.55. The Hall–Kier alpha value is -1.56. The monoisotopic (exact) mass is 326 g/mol. The summed E-state index contributed by atoms with van der Waals surface area (Å²) in [6.07, 6.45) is -0.535. The van der Waals surface area contributed by atoms with Crippen molar-refractivity contribution in [2.24, 2.45) is 0 Å². The van der Waals surface area contributed by atoms with Crippen molar-refractivity contribution in [3.8, 4) is 5.75 Å². The predicted octanol–water partition coefficient (Wildman–Crippen LogP) is 3.59. The zero-order valence-electron chi connectivity index (χ0n) is 11.2. The predicted molar refractivity (Wildman–Crippen MR) is 75.6 cm³/mol. The van der Waals surface area contributed by atoms with E-state index >= 15 is 0 Å². The van der Waals surface area contributed by atoms with Crippen molar-refractivity contribution in [1.29, 1.82) is 0 Å². The fraction of sp³-hybridized carbons (Fsp3) is 0.385. The van der Waals surface area contributed by atoms with Crippen LogP contribution in [0.5, 0.6) is 5.75 Å². The van der Waals surface area contributed by atoms with E-state index in [1.54, 1.807) is 13.2 Å². The van der Waals surface area contributed by atoms with Crippen LogP contribution in [0.15, 0.2) is 22.8 Å². The maximum absolute atomic E-state index is 12.2. The fourth-order valence-electron chi connectivity index (χ4n) is 1.70. The molecule has 1 aromatic carbocycles. The van der Waals surface area contributed by atoms with E-state index in [0.29, 0.717) is 15.9 Å². The highest BCUT2D eigenvalue weighted by molar-refractivity contribution is 9.10. The summed E-state index contributed by atoms with van der Waals surface area (Å²) in [4.78, 5) is 12.2. The van der Waals surface area contributed by atoms with Crippen LogP contribution in [0.3, 0.4) is 0 Å². The van der Waals surface area contributed by atoms with E-state index < -0.39 is 11.7 Å². The van der Waals surface area contributed by atoms with Crippen LogP contribution in [0, 0.1) is 0 Å². The fourth-order valence-corrected chi connectivity index (χ4v) is 2.18. The highest BCUT2D eigenvalue weighted by Gasteiger charge is 2.23. The zero-order chi connectivity index (χ0) is 14.2. The lowest BCUT2D eigenvalue weighted by Crippen LogP contribution is -2.27. The van der Waals surface area contributed by atoms with Crippen molar-refractivity contribution in [2.75, 3.05) is 7.11 Å². The average molecular weight is 327 g/mol. The Morgan fingerprint density at radius 1 is 1.37 bits per heavy atom. The molecule has 0 bridgehead atoms. The molecule has 0 atom stereocenters. The van der Waals surface area contributed by atoms with Gasteiger partial charge in [-0.2, -0.15) is 9.78 Å². The molecule has 2 rings (SSSR count). The first-order valence-corrected chi connectivity index (χ1v) is 6.57. The average Bonchev–Trinajstić information content (AvgIpc) is 2.65. The van der Waals surface area contributed by atoms with E-state index in [1.807, 2.05) is 32.9 Å². The third-order valence-corrected chi connectivity index (χ3v) is 2.99.